The van der Waals surface area contributed by atoms with Crippen LogP contribution in [0.3, 0.4) is 0 Å². The predicted molar refractivity (Wildman–Crippen MR) is 172 cm³/mol. The number of nitrogens with two attached hydrogens (primary N) is 1. The Morgan fingerprint density at radius 2 is 1.70 bits per heavy atom. The highest BCUT2D eigenvalue weighted by Gasteiger charge is 2.16. The van der Waals surface area contributed by atoms with E-state index in [2.05, 4.69) is 46.4 Å². The molecular formula is C33H48FN5O4. The summed E-state index contributed by atoms with van der Waals surface area (Å²) in [5.41, 5.74) is 6.49. The van der Waals surface area contributed by atoms with Gasteiger partial charge in [-0.2, -0.15) is 0 Å². The number of rotatable bonds is 15. The Morgan fingerprint density at radius 1 is 0.977 bits per heavy atom. The van der Waals surface area contributed by atoms with E-state index in [1.807, 2.05) is 6.92 Å². The van der Waals surface area contributed by atoms with Crippen LogP contribution >= 0.6 is 0 Å². The Morgan fingerprint density at radius 3 is 2.37 bits per heavy atom. The number of fused-ring (bicyclic) bond motifs is 2. The fraction of sp³-hybridized carbons (Fsp3) is 0.485. The van der Waals surface area contributed by atoms with E-state index in [-0.39, 0.29) is 23.1 Å². The van der Waals surface area contributed by atoms with Crippen LogP contribution in [0, 0.1) is 12.7 Å². The lowest BCUT2D eigenvalue weighted by Gasteiger charge is -2.17. The van der Waals surface area contributed by atoms with Crippen molar-refractivity contribution in [3.8, 4) is 23.1 Å². The normalized spacial score (nSPS) is 10.7. The maximum Gasteiger partial charge on any atom is 0.230 e. The maximum absolute atomic E-state index is 15.0. The lowest BCUT2D eigenvalue weighted by molar-refractivity contribution is -0.107. The summed E-state index contributed by atoms with van der Waals surface area (Å²) in [7, 11) is 1.50. The maximum atomic E-state index is 15.0. The number of phenolic OH excluding ortho intramolecular Hbond substituents is 1. The minimum atomic E-state index is -0.483. The van der Waals surface area contributed by atoms with Gasteiger partial charge < -0.3 is 35.0 Å². The highest BCUT2D eigenvalue weighted by atomic mass is 19.1. The SMILES string of the molecule is CCCN(CC)CCC.CN.Cc1cc2c(F)c(Oc3ncnc4cc(O)c(OCCCCCCC=O)cc34)ccc2[nH]1. The van der Waals surface area contributed by atoms with Gasteiger partial charge in [-0.25, -0.2) is 14.4 Å². The van der Waals surface area contributed by atoms with Crippen LogP contribution in [0.15, 0.2) is 36.7 Å². The van der Waals surface area contributed by atoms with E-state index in [0.29, 0.717) is 34.8 Å². The third-order valence-electron chi connectivity index (χ3n) is 6.72. The molecule has 0 bridgehead atoms. The van der Waals surface area contributed by atoms with Crippen LogP contribution in [-0.2, 0) is 4.79 Å². The van der Waals surface area contributed by atoms with Crippen molar-refractivity contribution in [2.45, 2.75) is 72.6 Å². The second-order valence-electron chi connectivity index (χ2n) is 10.1. The number of halogens is 1. The number of unbranched alkanes of at least 4 members (excludes halogenated alkanes) is 4. The molecule has 4 N–H and O–H groups in total. The van der Waals surface area contributed by atoms with E-state index in [1.54, 1.807) is 24.3 Å². The number of H-pyrrole nitrogens is 1. The first-order valence-electron chi connectivity index (χ1n) is 15.2. The number of aromatic amines is 1. The van der Waals surface area contributed by atoms with Crippen molar-refractivity contribution in [2.75, 3.05) is 33.3 Å². The van der Waals surface area contributed by atoms with E-state index in [9.17, 15) is 14.3 Å². The van der Waals surface area contributed by atoms with Crippen molar-refractivity contribution in [1.82, 2.24) is 19.9 Å². The summed E-state index contributed by atoms with van der Waals surface area (Å²) in [4.78, 5) is 24.3. The Balaban J connectivity index is 0.000000505. The molecule has 0 aliphatic rings. The first kappa shape index (κ1) is 35.4. The van der Waals surface area contributed by atoms with E-state index >= 15 is 0 Å². The standard InChI is InChI=1S/C24H24FN3O4.C8H19N.CH5N/c1-15-11-16-18(28-15)7-8-21(23(16)25)32-24-17-12-22(20(30)13-19(17)26-14-27-24)31-10-6-4-2-3-5-9-29;1-4-7-9(6-3)8-5-2;1-2/h7-9,11-14,28,30H,2-6,10H2,1H3;4-8H2,1-3H3;2H2,1H3. The van der Waals surface area contributed by atoms with Gasteiger partial charge in [-0.15, -0.1) is 0 Å². The third-order valence-corrected chi connectivity index (χ3v) is 6.72. The average molecular weight is 598 g/mol. The number of nitrogens with zero attached hydrogens (tertiary/aromatic N) is 3. The number of benzene rings is 2. The predicted octanol–water partition coefficient (Wildman–Crippen LogP) is 7.29. The second kappa shape index (κ2) is 19.4. The van der Waals surface area contributed by atoms with Crippen LogP contribution in [0.25, 0.3) is 21.8 Å². The van der Waals surface area contributed by atoms with Crippen molar-refractivity contribution in [1.29, 1.82) is 0 Å². The van der Waals surface area contributed by atoms with Gasteiger partial charge >= 0.3 is 0 Å². The Kier molecular flexibility index (Phi) is 16.0. The number of carbonyl (C=O) groups is 1. The number of ether oxygens (including phenoxy) is 2. The number of aromatic hydroxyl groups is 1. The summed E-state index contributed by atoms with van der Waals surface area (Å²) in [6, 6.07) is 8.09. The molecular weight excluding hydrogens is 549 g/mol. The molecule has 0 spiro atoms. The first-order valence-corrected chi connectivity index (χ1v) is 15.2. The Hall–Kier alpha value is -3.76. The van der Waals surface area contributed by atoms with Gasteiger partial charge in [-0.1, -0.05) is 33.6 Å². The smallest absolute Gasteiger partial charge is 0.230 e. The lowest BCUT2D eigenvalue weighted by Crippen LogP contribution is -2.24. The zero-order chi connectivity index (χ0) is 31.6. The molecule has 4 rings (SSSR count). The third kappa shape index (κ3) is 10.8. The van der Waals surface area contributed by atoms with Crippen molar-refractivity contribution < 1.29 is 23.8 Å². The monoisotopic (exact) mass is 597 g/mol. The highest BCUT2D eigenvalue weighted by molar-refractivity contribution is 5.87. The molecule has 0 saturated heterocycles. The summed E-state index contributed by atoms with van der Waals surface area (Å²) in [6.07, 6.45) is 8.92. The molecule has 10 heteroatoms. The average Bonchev–Trinajstić information content (AvgIpc) is 3.41. The van der Waals surface area contributed by atoms with E-state index < -0.39 is 5.82 Å². The number of aromatic nitrogens is 3. The van der Waals surface area contributed by atoms with Crippen molar-refractivity contribution in [3.05, 3.63) is 48.2 Å². The van der Waals surface area contributed by atoms with Gasteiger partial charge in [0.1, 0.15) is 12.6 Å². The van der Waals surface area contributed by atoms with Crippen molar-refractivity contribution in [2.24, 2.45) is 5.73 Å². The molecule has 0 aliphatic carbocycles. The van der Waals surface area contributed by atoms with Crippen LogP contribution in [0.5, 0.6) is 23.1 Å². The number of hydrogen-bond donors (Lipinski definition) is 3. The Labute approximate surface area is 254 Å². The molecule has 43 heavy (non-hydrogen) atoms. The summed E-state index contributed by atoms with van der Waals surface area (Å²) in [5, 5.41) is 11.2. The lowest BCUT2D eigenvalue weighted by atomic mass is 10.1. The van der Waals surface area contributed by atoms with E-state index in [1.165, 1.54) is 51.9 Å². The highest BCUT2D eigenvalue weighted by Crippen LogP contribution is 2.37. The number of hydrogen-bond acceptors (Lipinski definition) is 8. The van der Waals surface area contributed by atoms with E-state index in [4.69, 9.17) is 9.47 Å². The van der Waals surface area contributed by atoms with Crippen LogP contribution < -0.4 is 15.2 Å². The van der Waals surface area contributed by atoms with Gasteiger partial charge in [0.05, 0.1) is 17.5 Å². The van der Waals surface area contributed by atoms with E-state index in [0.717, 1.165) is 37.7 Å². The summed E-state index contributed by atoms with van der Waals surface area (Å²) in [6.45, 7) is 12.7. The van der Waals surface area contributed by atoms with Crippen molar-refractivity contribution >= 4 is 28.1 Å². The Bertz CT molecular complexity index is 1390. The molecule has 2 heterocycles. The quantitative estimate of drug-likeness (QED) is 0.0963. The van der Waals surface area contributed by atoms with Crippen LogP contribution in [0.2, 0.25) is 0 Å². The molecule has 4 aromatic rings. The van der Waals surface area contributed by atoms with Gasteiger partial charge in [0.2, 0.25) is 5.88 Å². The minimum Gasteiger partial charge on any atom is -0.504 e. The fourth-order valence-electron chi connectivity index (χ4n) is 4.64. The number of aldehydes is 1. The van der Waals surface area contributed by atoms with Crippen LogP contribution in [0.4, 0.5) is 4.39 Å². The second-order valence-corrected chi connectivity index (χ2v) is 10.1. The largest absolute Gasteiger partial charge is 0.504 e. The number of phenols is 1. The minimum absolute atomic E-state index is 0.0431. The molecule has 2 aromatic heterocycles. The van der Waals surface area contributed by atoms with Gasteiger partial charge in [-0.05, 0) is 83.6 Å². The summed E-state index contributed by atoms with van der Waals surface area (Å²) >= 11 is 0. The molecule has 0 unspecified atom stereocenters. The molecule has 0 saturated carbocycles. The zero-order valence-electron chi connectivity index (χ0n) is 26.3. The number of aryl methyl sites for hydroxylation is 1. The van der Waals surface area contributed by atoms with Gasteiger partial charge in [-0.3, -0.25) is 0 Å². The molecule has 0 amide bonds. The number of carbonyl (C=O) groups excluding carboxylic acids is 1. The van der Waals surface area contributed by atoms with Crippen LogP contribution in [0.1, 0.15) is 71.4 Å². The number of nitrogens with one attached hydrogen (secondary N) is 1. The summed E-state index contributed by atoms with van der Waals surface area (Å²) in [5.74, 6) is -0.0363. The molecule has 0 fully saturated rings. The van der Waals surface area contributed by atoms with Gasteiger partial charge in [0, 0.05) is 29.1 Å². The molecule has 0 aliphatic heterocycles. The molecule has 236 valence electrons. The molecule has 0 atom stereocenters. The van der Waals surface area contributed by atoms with Crippen LogP contribution in [-0.4, -0.2) is 64.5 Å². The fourth-order valence-corrected chi connectivity index (χ4v) is 4.64. The molecule has 9 nitrogen and oxygen atoms in total. The van der Waals surface area contributed by atoms with Crippen molar-refractivity contribution in [3.63, 3.8) is 0 Å². The summed E-state index contributed by atoms with van der Waals surface area (Å²) < 4.78 is 26.5. The zero-order valence-corrected chi connectivity index (χ0v) is 26.3. The molecule has 0 radical (unpaired) electrons. The van der Waals surface area contributed by atoms with Gasteiger partial charge in [0.15, 0.2) is 23.1 Å². The topological polar surface area (TPSA) is 127 Å². The first-order chi connectivity index (χ1) is 20.9. The van der Waals surface area contributed by atoms with Gasteiger partial charge in [0.25, 0.3) is 0 Å². The molecule has 2 aromatic carbocycles.